The molecule has 5 heteroatoms. The summed E-state index contributed by atoms with van der Waals surface area (Å²) in [6, 6.07) is 11.7. The van der Waals surface area contributed by atoms with Gasteiger partial charge in [0.05, 0.1) is 12.1 Å². The summed E-state index contributed by atoms with van der Waals surface area (Å²) in [7, 11) is 0. The van der Waals surface area contributed by atoms with Crippen molar-refractivity contribution < 1.29 is 14.4 Å². The fourth-order valence-corrected chi connectivity index (χ4v) is 4.43. The first-order valence-electron chi connectivity index (χ1n) is 8.66. The van der Waals surface area contributed by atoms with Crippen LogP contribution >= 0.6 is 0 Å². The minimum absolute atomic E-state index is 0.0427. The number of nitrogens with zero attached hydrogens (tertiary/aromatic N) is 1. The average molecular weight is 326 g/mol. The van der Waals surface area contributed by atoms with Crippen molar-refractivity contribution in [3.63, 3.8) is 0 Å². The normalized spacial score (nSPS) is 28.2. The molecule has 2 aliphatic carbocycles. The van der Waals surface area contributed by atoms with Crippen LogP contribution in [0.5, 0.6) is 0 Å². The monoisotopic (exact) mass is 326 g/mol. The van der Waals surface area contributed by atoms with Gasteiger partial charge in [-0.05, 0) is 31.1 Å². The van der Waals surface area contributed by atoms with Gasteiger partial charge in [0.15, 0.2) is 5.76 Å². The Morgan fingerprint density at radius 3 is 2.83 bits per heavy atom. The number of aliphatic hydroxyl groups is 1. The zero-order valence-electron chi connectivity index (χ0n) is 13.5. The van der Waals surface area contributed by atoms with E-state index in [4.69, 9.17) is 4.52 Å². The van der Waals surface area contributed by atoms with Crippen molar-refractivity contribution in [1.82, 2.24) is 10.5 Å². The minimum Gasteiger partial charge on any atom is -0.396 e. The van der Waals surface area contributed by atoms with Gasteiger partial charge in [0.2, 0.25) is 5.91 Å². The molecule has 2 N–H and O–H groups in total. The second kappa shape index (κ2) is 6.40. The third-order valence-corrected chi connectivity index (χ3v) is 5.59. The van der Waals surface area contributed by atoms with E-state index >= 15 is 0 Å². The van der Waals surface area contributed by atoms with Crippen molar-refractivity contribution in [2.24, 2.45) is 17.8 Å². The number of hydrogen-bond acceptors (Lipinski definition) is 4. The first kappa shape index (κ1) is 15.4. The van der Waals surface area contributed by atoms with E-state index in [2.05, 4.69) is 10.5 Å². The standard InChI is InChI=1S/C19H22N2O3/c22-11-16-13-6-7-14(8-13)19(16)20-18(23)10-15-9-17(24-21-15)12-4-2-1-3-5-12/h1-5,9,13-14,16,19,22H,6-8,10-11H2,(H,20,23). The molecule has 0 saturated heterocycles. The number of carbonyl (C=O) groups excluding carboxylic acids is 1. The zero-order chi connectivity index (χ0) is 16.5. The highest BCUT2D eigenvalue weighted by atomic mass is 16.5. The number of carbonyl (C=O) groups is 1. The van der Waals surface area contributed by atoms with Gasteiger partial charge in [0.1, 0.15) is 0 Å². The van der Waals surface area contributed by atoms with Gasteiger partial charge >= 0.3 is 0 Å². The summed E-state index contributed by atoms with van der Waals surface area (Å²) < 4.78 is 5.34. The summed E-state index contributed by atoms with van der Waals surface area (Å²) >= 11 is 0. The Kier molecular flexibility index (Phi) is 4.10. The topological polar surface area (TPSA) is 75.4 Å². The molecule has 2 fully saturated rings. The van der Waals surface area contributed by atoms with Crippen molar-refractivity contribution in [3.8, 4) is 11.3 Å². The quantitative estimate of drug-likeness (QED) is 0.885. The van der Waals surface area contributed by atoms with Gasteiger partial charge in [0, 0.05) is 30.2 Å². The molecular formula is C19H22N2O3. The fourth-order valence-electron chi connectivity index (χ4n) is 4.43. The van der Waals surface area contributed by atoms with Crippen LogP contribution in [0, 0.1) is 17.8 Å². The van der Waals surface area contributed by atoms with Crippen LogP contribution in [-0.4, -0.2) is 28.8 Å². The lowest BCUT2D eigenvalue weighted by Gasteiger charge is -2.30. The largest absolute Gasteiger partial charge is 0.396 e. The van der Waals surface area contributed by atoms with Crippen LogP contribution in [0.2, 0.25) is 0 Å². The Morgan fingerprint density at radius 1 is 1.25 bits per heavy atom. The van der Waals surface area contributed by atoms with Crippen LogP contribution in [-0.2, 0) is 11.2 Å². The Labute approximate surface area is 141 Å². The van der Waals surface area contributed by atoms with E-state index < -0.39 is 0 Å². The van der Waals surface area contributed by atoms with Crippen LogP contribution in [0.15, 0.2) is 40.9 Å². The van der Waals surface area contributed by atoms with Crippen molar-refractivity contribution in [2.75, 3.05) is 6.61 Å². The van der Waals surface area contributed by atoms with Gasteiger partial charge in [0.25, 0.3) is 0 Å². The molecule has 1 aromatic heterocycles. The highest BCUT2D eigenvalue weighted by Gasteiger charge is 2.47. The second-order valence-electron chi connectivity index (χ2n) is 7.00. The third kappa shape index (κ3) is 2.84. The maximum Gasteiger partial charge on any atom is 0.226 e. The molecule has 5 nitrogen and oxygen atoms in total. The predicted molar refractivity (Wildman–Crippen MR) is 89.0 cm³/mol. The van der Waals surface area contributed by atoms with Crippen LogP contribution in [0.25, 0.3) is 11.3 Å². The van der Waals surface area contributed by atoms with E-state index in [1.807, 2.05) is 36.4 Å². The van der Waals surface area contributed by atoms with Gasteiger partial charge in [-0.25, -0.2) is 0 Å². The van der Waals surface area contributed by atoms with Gasteiger partial charge in [-0.1, -0.05) is 35.5 Å². The summed E-state index contributed by atoms with van der Waals surface area (Å²) in [4.78, 5) is 12.4. The SMILES string of the molecule is O=C(Cc1cc(-c2ccccc2)on1)NC1C2CCC(C2)C1CO. The number of aromatic nitrogens is 1. The van der Waals surface area contributed by atoms with Gasteiger partial charge < -0.3 is 14.9 Å². The molecular weight excluding hydrogens is 304 g/mol. The molecule has 4 atom stereocenters. The van der Waals surface area contributed by atoms with Gasteiger partial charge in [-0.15, -0.1) is 0 Å². The molecule has 2 saturated carbocycles. The van der Waals surface area contributed by atoms with Crippen LogP contribution < -0.4 is 5.32 Å². The number of nitrogens with one attached hydrogen (secondary N) is 1. The van der Waals surface area contributed by atoms with Crippen LogP contribution in [0.1, 0.15) is 25.0 Å². The molecule has 4 unspecified atom stereocenters. The van der Waals surface area contributed by atoms with Crippen molar-refractivity contribution in [2.45, 2.75) is 31.7 Å². The lowest BCUT2D eigenvalue weighted by atomic mass is 9.85. The molecule has 0 radical (unpaired) electrons. The number of fused-ring (bicyclic) bond motifs is 2. The van der Waals surface area contributed by atoms with Crippen molar-refractivity contribution >= 4 is 5.91 Å². The molecule has 126 valence electrons. The molecule has 2 aliphatic rings. The molecule has 0 aliphatic heterocycles. The molecule has 4 rings (SSSR count). The Balaban J connectivity index is 1.39. The third-order valence-electron chi connectivity index (χ3n) is 5.59. The molecule has 0 spiro atoms. The summed E-state index contributed by atoms with van der Waals surface area (Å²) in [6.45, 7) is 0.161. The van der Waals surface area contributed by atoms with Crippen LogP contribution in [0.4, 0.5) is 0 Å². The molecule has 2 aromatic rings. The van der Waals surface area contributed by atoms with Gasteiger partial charge in [-0.3, -0.25) is 4.79 Å². The Morgan fingerprint density at radius 2 is 2.04 bits per heavy atom. The van der Waals surface area contributed by atoms with E-state index in [0.717, 1.165) is 18.4 Å². The van der Waals surface area contributed by atoms with E-state index in [9.17, 15) is 9.90 Å². The number of rotatable bonds is 5. The summed E-state index contributed by atoms with van der Waals surface area (Å²) in [5.41, 5.74) is 1.58. The van der Waals surface area contributed by atoms with Gasteiger partial charge in [-0.2, -0.15) is 0 Å². The summed E-state index contributed by atoms with van der Waals surface area (Å²) in [6.07, 6.45) is 3.70. The number of aliphatic hydroxyl groups excluding tert-OH is 1. The molecule has 1 aromatic carbocycles. The molecule has 1 amide bonds. The Hall–Kier alpha value is -2.14. The van der Waals surface area contributed by atoms with E-state index in [-0.39, 0.29) is 30.9 Å². The minimum atomic E-state index is -0.0427. The maximum absolute atomic E-state index is 12.4. The number of benzene rings is 1. The molecule has 1 heterocycles. The number of hydrogen-bond donors (Lipinski definition) is 2. The fraction of sp³-hybridized carbons (Fsp3) is 0.474. The smallest absolute Gasteiger partial charge is 0.226 e. The zero-order valence-corrected chi connectivity index (χ0v) is 13.5. The molecule has 2 bridgehead atoms. The molecule has 24 heavy (non-hydrogen) atoms. The summed E-state index contributed by atoms with van der Waals surface area (Å²) in [5, 5.41) is 16.7. The predicted octanol–water partition coefficient (Wildman–Crippen LogP) is 2.41. The highest BCUT2D eigenvalue weighted by Crippen LogP contribution is 2.48. The second-order valence-corrected chi connectivity index (χ2v) is 7.00. The van der Waals surface area contributed by atoms with E-state index in [0.29, 0.717) is 23.3 Å². The highest BCUT2D eigenvalue weighted by molar-refractivity contribution is 5.79. The average Bonchev–Trinajstić information content (AvgIpc) is 3.31. The van der Waals surface area contributed by atoms with Crippen LogP contribution in [0.3, 0.4) is 0 Å². The first-order valence-corrected chi connectivity index (χ1v) is 8.66. The first-order chi connectivity index (χ1) is 11.7. The van der Waals surface area contributed by atoms with E-state index in [1.54, 1.807) is 0 Å². The Bertz CT molecular complexity index is 712. The number of amides is 1. The maximum atomic E-state index is 12.4. The van der Waals surface area contributed by atoms with E-state index in [1.165, 1.54) is 6.42 Å². The van der Waals surface area contributed by atoms with Crippen molar-refractivity contribution in [3.05, 3.63) is 42.1 Å². The lowest BCUT2D eigenvalue weighted by molar-refractivity contribution is -0.122. The summed E-state index contributed by atoms with van der Waals surface area (Å²) in [5.74, 6) is 1.94. The lowest BCUT2D eigenvalue weighted by Crippen LogP contribution is -2.45. The van der Waals surface area contributed by atoms with Crippen molar-refractivity contribution in [1.29, 1.82) is 0 Å².